The standard InChI is InChI=1S/C17H21F3N6O3/c1-2-13(25-14-6-3-5-12(14)15(23-25)17(18,19)20)16(27)21-7-4-8-24-10-11(9-22-24)26(28)29/h9-10,13H,2-8H2,1H3,(H,21,27)/t13-/m0/s1. The van der Waals surface area contributed by atoms with Gasteiger partial charge >= 0.3 is 11.9 Å². The number of nitrogens with zero attached hydrogens (tertiary/aromatic N) is 5. The minimum Gasteiger partial charge on any atom is -0.354 e. The van der Waals surface area contributed by atoms with Crippen molar-refractivity contribution in [1.82, 2.24) is 24.9 Å². The number of aryl methyl sites for hydroxylation is 1. The molecule has 0 saturated heterocycles. The van der Waals surface area contributed by atoms with Crippen LogP contribution in [0.5, 0.6) is 0 Å². The van der Waals surface area contributed by atoms with Gasteiger partial charge in [-0.1, -0.05) is 6.92 Å². The summed E-state index contributed by atoms with van der Waals surface area (Å²) in [5.74, 6) is -0.398. The summed E-state index contributed by atoms with van der Waals surface area (Å²) in [5, 5.41) is 21.0. The molecule has 1 aliphatic rings. The molecular weight excluding hydrogens is 393 g/mol. The normalized spacial score (nSPS) is 14.6. The Kier molecular flexibility index (Phi) is 5.89. The molecule has 2 heterocycles. The van der Waals surface area contributed by atoms with Gasteiger partial charge in [-0.3, -0.25) is 24.3 Å². The van der Waals surface area contributed by atoms with Gasteiger partial charge < -0.3 is 5.32 Å². The third-order valence-electron chi connectivity index (χ3n) is 4.91. The van der Waals surface area contributed by atoms with Crippen LogP contribution in [0.4, 0.5) is 18.9 Å². The predicted octanol–water partition coefficient (Wildman–Crippen LogP) is 2.65. The summed E-state index contributed by atoms with van der Waals surface area (Å²) < 4.78 is 42.4. The van der Waals surface area contributed by atoms with Gasteiger partial charge in [-0.2, -0.15) is 23.4 Å². The number of rotatable bonds is 8. The van der Waals surface area contributed by atoms with Crippen LogP contribution in [0.3, 0.4) is 0 Å². The number of aromatic nitrogens is 4. The highest BCUT2D eigenvalue weighted by atomic mass is 19.4. The molecule has 158 valence electrons. The number of alkyl halides is 3. The van der Waals surface area contributed by atoms with Crippen molar-refractivity contribution in [2.45, 2.75) is 57.8 Å². The summed E-state index contributed by atoms with van der Waals surface area (Å²) in [4.78, 5) is 22.7. The molecule has 12 heteroatoms. The Morgan fingerprint density at radius 3 is 2.79 bits per heavy atom. The maximum atomic E-state index is 13.3. The van der Waals surface area contributed by atoms with Crippen LogP contribution in [-0.4, -0.2) is 36.9 Å². The molecule has 1 aliphatic carbocycles. The van der Waals surface area contributed by atoms with Crippen molar-refractivity contribution in [3.8, 4) is 0 Å². The lowest BCUT2D eigenvalue weighted by molar-refractivity contribution is -0.385. The fourth-order valence-corrected chi connectivity index (χ4v) is 3.56. The van der Waals surface area contributed by atoms with E-state index in [1.165, 1.54) is 15.6 Å². The lowest BCUT2D eigenvalue weighted by atomic mass is 10.1. The topological polar surface area (TPSA) is 108 Å². The van der Waals surface area contributed by atoms with Gasteiger partial charge in [0, 0.05) is 24.3 Å². The van der Waals surface area contributed by atoms with Gasteiger partial charge in [0.05, 0.1) is 4.92 Å². The average Bonchev–Trinajstić information content (AvgIpc) is 3.35. The van der Waals surface area contributed by atoms with E-state index in [9.17, 15) is 28.1 Å². The molecule has 0 saturated carbocycles. The Balaban J connectivity index is 1.61. The lowest BCUT2D eigenvalue weighted by Gasteiger charge is -2.18. The molecule has 0 aliphatic heterocycles. The first-order valence-electron chi connectivity index (χ1n) is 9.34. The Bertz CT molecular complexity index is 905. The largest absolute Gasteiger partial charge is 0.435 e. The second-order valence-electron chi connectivity index (χ2n) is 6.86. The van der Waals surface area contributed by atoms with Crippen molar-refractivity contribution in [2.24, 2.45) is 0 Å². The zero-order valence-corrected chi connectivity index (χ0v) is 15.8. The van der Waals surface area contributed by atoms with Crippen LogP contribution < -0.4 is 5.32 Å². The van der Waals surface area contributed by atoms with E-state index >= 15 is 0 Å². The molecule has 0 bridgehead atoms. The predicted molar refractivity (Wildman–Crippen MR) is 95.1 cm³/mol. The average molecular weight is 414 g/mol. The van der Waals surface area contributed by atoms with E-state index in [0.29, 0.717) is 44.3 Å². The summed E-state index contributed by atoms with van der Waals surface area (Å²) in [5.41, 5.74) is -0.322. The van der Waals surface area contributed by atoms with E-state index in [1.54, 1.807) is 6.92 Å². The number of nitro groups is 1. The molecule has 0 aromatic carbocycles. The fraction of sp³-hybridized carbons (Fsp3) is 0.588. The van der Waals surface area contributed by atoms with Crippen molar-refractivity contribution in [1.29, 1.82) is 0 Å². The molecule has 9 nitrogen and oxygen atoms in total. The second kappa shape index (κ2) is 8.21. The first kappa shape index (κ1) is 20.8. The van der Waals surface area contributed by atoms with Crippen LogP contribution in [-0.2, 0) is 30.4 Å². The third kappa shape index (κ3) is 4.40. The maximum absolute atomic E-state index is 13.3. The second-order valence-corrected chi connectivity index (χ2v) is 6.86. The van der Waals surface area contributed by atoms with Gasteiger partial charge in [-0.05, 0) is 32.1 Å². The minimum absolute atomic E-state index is 0.118. The monoisotopic (exact) mass is 414 g/mol. The van der Waals surface area contributed by atoms with Gasteiger partial charge in [0.25, 0.3) is 0 Å². The van der Waals surface area contributed by atoms with Gasteiger partial charge in [-0.25, -0.2) is 0 Å². The molecular formula is C17H21F3N6O3. The Labute approximate surface area is 164 Å². The summed E-state index contributed by atoms with van der Waals surface area (Å²) in [6.07, 6.45) is 0.0723. The fourth-order valence-electron chi connectivity index (χ4n) is 3.56. The Hall–Kier alpha value is -2.92. The number of hydrogen-bond acceptors (Lipinski definition) is 5. The van der Waals surface area contributed by atoms with Crippen LogP contribution in [0, 0.1) is 10.1 Å². The molecule has 1 atom stereocenters. The Morgan fingerprint density at radius 2 is 2.17 bits per heavy atom. The van der Waals surface area contributed by atoms with E-state index in [2.05, 4.69) is 15.5 Å². The number of nitrogens with one attached hydrogen (secondary N) is 1. The molecule has 1 amide bonds. The molecule has 1 N–H and O–H groups in total. The van der Waals surface area contributed by atoms with Gasteiger partial charge in [0.15, 0.2) is 5.69 Å². The number of hydrogen-bond donors (Lipinski definition) is 1. The quantitative estimate of drug-likeness (QED) is 0.406. The van der Waals surface area contributed by atoms with Crippen LogP contribution in [0.2, 0.25) is 0 Å². The number of halogens is 3. The lowest BCUT2D eigenvalue weighted by Crippen LogP contribution is -2.34. The Morgan fingerprint density at radius 1 is 1.41 bits per heavy atom. The van der Waals surface area contributed by atoms with Crippen LogP contribution >= 0.6 is 0 Å². The zero-order valence-electron chi connectivity index (χ0n) is 15.8. The summed E-state index contributed by atoms with van der Waals surface area (Å²) in [7, 11) is 0. The van der Waals surface area contributed by atoms with Crippen LogP contribution in [0.1, 0.15) is 49.2 Å². The molecule has 0 unspecified atom stereocenters. The van der Waals surface area contributed by atoms with Crippen molar-refractivity contribution in [2.75, 3.05) is 6.54 Å². The van der Waals surface area contributed by atoms with Gasteiger partial charge in [0.2, 0.25) is 5.91 Å². The van der Waals surface area contributed by atoms with Crippen molar-refractivity contribution >= 4 is 11.6 Å². The molecule has 0 radical (unpaired) electrons. The van der Waals surface area contributed by atoms with E-state index in [0.717, 1.165) is 6.20 Å². The highest BCUT2D eigenvalue weighted by molar-refractivity contribution is 5.80. The van der Waals surface area contributed by atoms with E-state index in [4.69, 9.17) is 0 Å². The summed E-state index contributed by atoms with van der Waals surface area (Å²) >= 11 is 0. The molecule has 3 rings (SSSR count). The molecule has 0 fully saturated rings. The number of carbonyl (C=O) groups excluding carboxylic acids is 1. The highest BCUT2D eigenvalue weighted by Gasteiger charge is 2.41. The maximum Gasteiger partial charge on any atom is 0.435 e. The SMILES string of the molecule is CC[C@@H](C(=O)NCCCn1cc([N+](=O)[O-])cn1)n1nc(C(F)(F)F)c2c1CCC2. The number of amides is 1. The molecule has 0 spiro atoms. The van der Waals surface area contributed by atoms with Crippen molar-refractivity contribution in [3.63, 3.8) is 0 Å². The molecule has 2 aromatic rings. The number of fused-ring (bicyclic) bond motifs is 1. The van der Waals surface area contributed by atoms with Crippen LogP contribution in [0.15, 0.2) is 12.4 Å². The highest BCUT2D eigenvalue weighted by Crippen LogP contribution is 2.37. The first-order valence-corrected chi connectivity index (χ1v) is 9.34. The van der Waals surface area contributed by atoms with E-state index in [1.807, 2.05) is 0 Å². The zero-order chi connectivity index (χ0) is 21.2. The van der Waals surface area contributed by atoms with Gasteiger partial charge in [-0.15, -0.1) is 0 Å². The number of carbonyl (C=O) groups is 1. The minimum atomic E-state index is -4.54. The summed E-state index contributed by atoms with van der Waals surface area (Å²) in [6, 6.07) is -0.816. The smallest absolute Gasteiger partial charge is 0.354 e. The third-order valence-corrected chi connectivity index (χ3v) is 4.91. The van der Waals surface area contributed by atoms with E-state index in [-0.39, 0.29) is 17.8 Å². The summed E-state index contributed by atoms with van der Waals surface area (Å²) in [6.45, 7) is 2.35. The van der Waals surface area contributed by atoms with Gasteiger partial charge in [0.1, 0.15) is 18.4 Å². The van der Waals surface area contributed by atoms with E-state index < -0.39 is 28.7 Å². The van der Waals surface area contributed by atoms with Crippen LogP contribution in [0.25, 0.3) is 0 Å². The molecule has 2 aromatic heterocycles. The molecule has 29 heavy (non-hydrogen) atoms. The van der Waals surface area contributed by atoms with Crippen molar-refractivity contribution < 1.29 is 22.9 Å². The first-order chi connectivity index (χ1) is 13.7. The van der Waals surface area contributed by atoms with Crippen molar-refractivity contribution in [3.05, 3.63) is 39.5 Å².